The van der Waals surface area contributed by atoms with Gasteiger partial charge in [-0.3, -0.25) is 0 Å². The molecule has 2 aliphatic rings. The fourth-order valence-electron chi connectivity index (χ4n) is 3.68. The molecule has 3 nitrogen and oxygen atoms in total. The smallest absolute Gasteiger partial charge is 0.331 e. The second-order valence-electron chi connectivity index (χ2n) is 6.07. The largest absolute Gasteiger partial charge is 0.478 e. The number of aliphatic carboxylic acids is 1. The molecule has 0 bridgehead atoms. The summed E-state index contributed by atoms with van der Waals surface area (Å²) in [7, 11) is 0. The Morgan fingerprint density at radius 1 is 1.44 bits per heavy atom. The molecule has 2 saturated carbocycles. The minimum Gasteiger partial charge on any atom is -0.478 e. The van der Waals surface area contributed by atoms with Crippen molar-refractivity contribution in [2.75, 3.05) is 0 Å². The molecule has 2 aliphatic carbocycles. The van der Waals surface area contributed by atoms with Gasteiger partial charge in [0.15, 0.2) is 0 Å². The molecule has 0 aromatic rings. The van der Waals surface area contributed by atoms with Gasteiger partial charge in [0.05, 0.1) is 6.10 Å². The number of aliphatic hydroxyl groups excluding tert-OH is 1. The fourth-order valence-corrected chi connectivity index (χ4v) is 3.68. The standard InChI is InChI=1S/C15H22O3/c1-9-4-5-13(16)15(3)7-6-11(8-12(9)15)10(2)14(17)18/h11-13,16H,1-2,4-8H2,3H3,(H,17,18)/t11-,12+,13+,15-/m1/s1. The van der Waals surface area contributed by atoms with Crippen LogP contribution in [0.5, 0.6) is 0 Å². The highest BCUT2D eigenvalue weighted by molar-refractivity contribution is 5.86. The summed E-state index contributed by atoms with van der Waals surface area (Å²) in [5.41, 5.74) is 1.36. The summed E-state index contributed by atoms with van der Waals surface area (Å²) < 4.78 is 0. The van der Waals surface area contributed by atoms with Crippen molar-refractivity contribution in [2.45, 2.75) is 45.1 Å². The molecule has 2 rings (SSSR count). The van der Waals surface area contributed by atoms with Crippen LogP contribution in [0.2, 0.25) is 0 Å². The third-order valence-corrected chi connectivity index (χ3v) is 5.11. The molecule has 0 heterocycles. The molecular formula is C15H22O3. The van der Waals surface area contributed by atoms with Gasteiger partial charge < -0.3 is 10.2 Å². The summed E-state index contributed by atoms with van der Waals surface area (Å²) in [6.07, 6.45) is 3.80. The molecule has 0 unspecified atom stereocenters. The highest BCUT2D eigenvalue weighted by atomic mass is 16.4. The molecule has 3 heteroatoms. The number of fused-ring (bicyclic) bond motifs is 1. The monoisotopic (exact) mass is 250 g/mol. The zero-order chi connectivity index (χ0) is 13.5. The Kier molecular flexibility index (Phi) is 3.37. The van der Waals surface area contributed by atoms with Gasteiger partial charge in [0, 0.05) is 11.0 Å². The lowest BCUT2D eigenvalue weighted by Gasteiger charge is -2.51. The minimum atomic E-state index is -0.898. The average Bonchev–Trinajstić information content (AvgIpc) is 2.33. The first-order valence-electron chi connectivity index (χ1n) is 6.64. The third kappa shape index (κ3) is 2.01. The number of hydrogen-bond acceptors (Lipinski definition) is 2. The first-order chi connectivity index (χ1) is 8.36. The van der Waals surface area contributed by atoms with E-state index in [4.69, 9.17) is 5.11 Å². The predicted octanol–water partition coefficient (Wildman–Crippen LogP) is 2.76. The Hall–Kier alpha value is -1.09. The van der Waals surface area contributed by atoms with Crippen molar-refractivity contribution >= 4 is 5.97 Å². The maximum absolute atomic E-state index is 11.0. The predicted molar refractivity (Wildman–Crippen MR) is 70.1 cm³/mol. The van der Waals surface area contributed by atoms with Gasteiger partial charge in [-0.05, 0) is 43.9 Å². The zero-order valence-electron chi connectivity index (χ0n) is 11.0. The molecule has 100 valence electrons. The molecule has 0 saturated heterocycles. The molecule has 0 aromatic carbocycles. The van der Waals surface area contributed by atoms with Crippen LogP contribution in [0.15, 0.2) is 24.3 Å². The topological polar surface area (TPSA) is 57.5 Å². The summed E-state index contributed by atoms with van der Waals surface area (Å²) in [6, 6.07) is 0. The molecule has 0 spiro atoms. The Balaban J connectivity index is 2.19. The van der Waals surface area contributed by atoms with Crippen molar-refractivity contribution in [1.29, 1.82) is 0 Å². The normalized spacial score (nSPS) is 40.1. The van der Waals surface area contributed by atoms with Crippen LogP contribution in [-0.2, 0) is 4.79 Å². The third-order valence-electron chi connectivity index (χ3n) is 5.11. The van der Waals surface area contributed by atoms with E-state index >= 15 is 0 Å². The number of hydrogen-bond donors (Lipinski definition) is 2. The van der Waals surface area contributed by atoms with E-state index in [2.05, 4.69) is 20.1 Å². The maximum atomic E-state index is 11.0. The van der Waals surface area contributed by atoms with E-state index in [1.165, 1.54) is 5.57 Å². The molecule has 0 amide bonds. The Labute approximate surface area is 108 Å². The van der Waals surface area contributed by atoms with E-state index in [0.717, 1.165) is 32.1 Å². The molecule has 2 N–H and O–H groups in total. The molecular weight excluding hydrogens is 228 g/mol. The van der Waals surface area contributed by atoms with Crippen molar-refractivity contribution in [3.05, 3.63) is 24.3 Å². The Morgan fingerprint density at radius 2 is 2.11 bits per heavy atom. The summed E-state index contributed by atoms with van der Waals surface area (Å²) in [5.74, 6) is -0.635. The molecule has 0 radical (unpaired) electrons. The molecule has 18 heavy (non-hydrogen) atoms. The lowest BCUT2D eigenvalue weighted by molar-refractivity contribution is -0.133. The fraction of sp³-hybridized carbons (Fsp3) is 0.667. The molecule has 4 atom stereocenters. The number of carboxylic acids is 1. The molecule has 0 aliphatic heterocycles. The first kappa shape index (κ1) is 13.3. The van der Waals surface area contributed by atoms with Gasteiger partial charge in [0.2, 0.25) is 0 Å². The SMILES string of the molecule is C=C(C(=O)O)[C@@H]1CC[C@@]2(C)[C@@H](O)CCC(=C)[C@@H]2C1. The van der Waals surface area contributed by atoms with Crippen LogP contribution in [0, 0.1) is 17.3 Å². The van der Waals surface area contributed by atoms with Crippen LogP contribution in [0.4, 0.5) is 0 Å². The second-order valence-corrected chi connectivity index (χ2v) is 6.07. The van der Waals surface area contributed by atoms with E-state index in [9.17, 15) is 9.90 Å². The number of carboxylic acid groups (broad SMARTS) is 1. The number of carbonyl (C=O) groups is 1. The van der Waals surface area contributed by atoms with Crippen molar-refractivity contribution in [1.82, 2.24) is 0 Å². The summed E-state index contributed by atoms with van der Waals surface area (Å²) in [5, 5.41) is 19.3. The summed E-state index contributed by atoms with van der Waals surface area (Å²) in [6.45, 7) is 9.94. The average molecular weight is 250 g/mol. The number of allylic oxidation sites excluding steroid dienone is 1. The van der Waals surface area contributed by atoms with Crippen LogP contribution in [-0.4, -0.2) is 22.3 Å². The second kappa shape index (κ2) is 4.54. The van der Waals surface area contributed by atoms with Crippen molar-refractivity contribution < 1.29 is 15.0 Å². The Morgan fingerprint density at radius 3 is 2.72 bits per heavy atom. The van der Waals surface area contributed by atoms with Crippen LogP contribution in [0.25, 0.3) is 0 Å². The lowest BCUT2D eigenvalue weighted by Crippen LogP contribution is -2.47. The molecule has 2 fully saturated rings. The van der Waals surface area contributed by atoms with Crippen molar-refractivity contribution in [2.24, 2.45) is 17.3 Å². The van der Waals surface area contributed by atoms with E-state index in [1.54, 1.807) is 0 Å². The number of aliphatic hydroxyl groups is 1. The van der Waals surface area contributed by atoms with E-state index in [1.807, 2.05) is 0 Å². The van der Waals surface area contributed by atoms with Gasteiger partial charge in [-0.15, -0.1) is 0 Å². The van der Waals surface area contributed by atoms with Gasteiger partial charge in [-0.1, -0.05) is 25.7 Å². The van der Waals surface area contributed by atoms with Crippen molar-refractivity contribution in [3.8, 4) is 0 Å². The number of rotatable bonds is 2. The van der Waals surface area contributed by atoms with Gasteiger partial charge in [0.1, 0.15) is 0 Å². The Bertz CT molecular complexity index is 399. The maximum Gasteiger partial charge on any atom is 0.331 e. The van der Waals surface area contributed by atoms with Gasteiger partial charge >= 0.3 is 5.97 Å². The van der Waals surface area contributed by atoms with Crippen LogP contribution >= 0.6 is 0 Å². The first-order valence-corrected chi connectivity index (χ1v) is 6.64. The minimum absolute atomic E-state index is 0.0302. The highest BCUT2D eigenvalue weighted by Gasteiger charge is 2.48. The quantitative estimate of drug-likeness (QED) is 0.585. The van der Waals surface area contributed by atoms with Crippen LogP contribution in [0.3, 0.4) is 0 Å². The zero-order valence-corrected chi connectivity index (χ0v) is 11.0. The van der Waals surface area contributed by atoms with Crippen LogP contribution < -0.4 is 0 Å². The van der Waals surface area contributed by atoms with Gasteiger partial charge in [-0.2, -0.15) is 0 Å². The van der Waals surface area contributed by atoms with Gasteiger partial charge in [-0.25, -0.2) is 4.79 Å². The van der Waals surface area contributed by atoms with E-state index < -0.39 is 5.97 Å². The lowest BCUT2D eigenvalue weighted by atomic mass is 9.55. The summed E-state index contributed by atoms with van der Waals surface area (Å²) >= 11 is 0. The van der Waals surface area contributed by atoms with E-state index in [0.29, 0.717) is 5.57 Å². The van der Waals surface area contributed by atoms with Crippen LogP contribution in [0.1, 0.15) is 39.0 Å². The summed E-state index contributed by atoms with van der Waals surface area (Å²) in [4.78, 5) is 11.0. The molecule has 0 aromatic heterocycles. The van der Waals surface area contributed by atoms with E-state index in [-0.39, 0.29) is 23.4 Å². The highest BCUT2D eigenvalue weighted by Crippen LogP contribution is 2.54. The van der Waals surface area contributed by atoms with Gasteiger partial charge in [0.25, 0.3) is 0 Å². The van der Waals surface area contributed by atoms with Crippen molar-refractivity contribution in [3.63, 3.8) is 0 Å².